The average molecular weight is 272 g/mol. The van der Waals surface area contributed by atoms with Crippen LogP contribution in [0.4, 0.5) is 0 Å². The summed E-state index contributed by atoms with van der Waals surface area (Å²) in [4.78, 5) is 2.40. The van der Waals surface area contributed by atoms with E-state index in [0.29, 0.717) is 0 Å². The van der Waals surface area contributed by atoms with E-state index in [1.807, 2.05) is 0 Å². The van der Waals surface area contributed by atoms with Crippen molar-refractivity contribution in [2.24, 2.45) is 5.92 Å². The van der Waals surface area contributed by atoms with E-state index in [-0.39, 0.29) is 0 Å². The first-order valence-electron chi connectivity index (χ1n) is 8.21. The van der Waals surface area contributed by atoms with Crippen molar-refractivity contribution in [1.29, 1.82) is 0 Å². The minimum absolute atomic E-state index is 0.763. The van der Waals surface area contributed by atoms with Gasteiger partial charge in [0.1, 0.15) is 0 Å². The summed E-state index contributed by atoms with van der Waals surface area (Å²) < 4.78 is 5.67. The molecule has 0 amide bonds. The molecule has 0 fully saturated rings. The van der Waals surface area contributed by atoms with Crippen LogP contribution in [0.25, 0.3) is 0 Å². The average Bonchev–Trinajstić information content (AvgIpc) is 2.40. The molecule has 0 bridgehead atoms. The highest BCUT2D eigenvalue weighted by Gasteiger charge is 1.98. The van der Waals surface area contributed by atoms with Crippen molar-refractivity contribution in [2.45, 2.75) is 53.4 Å². The SMILES string of the molecule is CCN(CC)CCOCCCCCCNCC(C)C. The fraction of sp³-hybridized carbons (Fsp3) is 1.00. The highest BCUT2D eigenvalue weighted by atomic mass is 16.5. The van der Waals surface area contributed by atoms with Crippen LogP contribution in [-0.4, -0.2) is 50.8 Å². The summed E-state index contributed by atoms with van der Waals surface area (Å²) in [5.74, 6) is 0.763. The lowest BCUT2D eigenvalue weighted by Gasteiger charge is -2.17. The van der Waals surface area contributed by atoms with Crippen LogP contribution in [0.15, 0.2) is 0 Å². The second-order valence-electron chi connectivity index (χ2n) is 5.65. The van der Waals surface area contributed by atoms with Gasteiger partial charge in [0, 0.05) is 13.2 Å². The van der Waals surface area contributed by atoms with Gasteiger partial charge in [0.2, 0.25) is 0 Å². The van der Waals surface area contributed by atoms with Gasteiger partial charge in [-0.05, 0) is 44.9 Å². The molecule has 0 unspecified atom stereocenters. The van der Waals surface area contributed by atoms with Gasteiger partial charge in [0.15, 0.2) is 0 Å². The molecule has 0 rings (SSSR count). The summed E-state index contributed by atoms with van der Waals surface area (Å²) in [5, 5.41) is 3.48. The maximum absolute atomic E-state index is 5.67. The van der Waals surface area contributed by atoms with Gasteiger partial charge in [-0.3, -0.25) is 0 Å². The first kappa shape index (κ1) is 18.9. The molecule has 19 heavy (non-hydrogen) atoms. The maximum Gasteiger partial charge on any atom is 0.0593 e. The van der Waals surface area contributed by atoms with E-state index < -0.39 is 0 Å². The molecule has 3 nitrogen and oxygen atoms in total. The van der Waals surface area contributed by atoms with E-state index in [1.54, 1.807) is 0 Å². The first-order chi connectivity index (χ1) is 9.20. The zero-order valence-electron chi connectivity index (χ0n) is 13.7. The van der Waals surface area contributed by atoms with E-state index in [0.717, 1.165) is 45.3 Å². The van der Waals surface area contributed by atoms with Crippen molar-refractivity contribution in [3.8, 4) is 0 Å². The quantitative estimate of drug-likeness (QED) is 0.492. The monoisotopic (exact) mass is 272 g/mol. The van der Waals surface area contributed by atoms with Gasteiger partial charge in [0.25, 0.3) is 0 Å². The highest BCUT2D eigenvalue weighted by molar-refractivity contribution is 4.53. The van der Waals surface area contributed by atoms with Crippen LogP contribution in [0, 0.1) is 5.92 Å². The van der Waals surface area contributed by atoms with E-state index in [9.17, 15) is 0 Å². The van der Waals surface area contributed by atoms with Crippen molar-refractivity contribution in [3.63, 3.8) is 0 Å². The van der Waals surface area contributed by atoms with Crippen LogP contribution in [0.5, 0.6) is 0 Å². The summed E-state index contributed by atoms with van der Waals surface area (Å²) >= 11 is 0. The number of rotatable bonds is 14. The van der Waals surface area contributed by atoms with Crippen LogP contribution in [0.3, 0.4) is 0 Å². The molecule has 0 radical (unpaired) electrons. The predicted molar refractivity (Wildman–Crippen MR) is 84.8 cm³/mol. The van der Waals surface area contributed by atoms with E-state index in [4.69, 9.17) is 4.74 Å². The molecule has 0 aromatic rings. The number of nitrogens with zero attached hydrogens (tertiary/aromatic N) is 1. The summed E-state index contributed by atoms with van der Waals surface area (Å²) in [5.41, 5.74) is 0. The predicted octanol–water partition coefficient (Wildman–Crippen LogP) is 3.15. The largest absolute Gasteiger partial charge is 0.380 e. The third kappa shape index (κ3) is 14.1. The number of nitrogens with one attached hydrogen (secondary N) is 1. The number of likely N-dealkylation sites (N-methyl/N-ethyl adjacent to an activating group) is 1. The number of hydrogen-bond donors (Lipinski definition) is 1. The highest BCUT2D eigenvalue weighted by Crippen LogP contribution is 2.00. The standard InChI is InChI=1S/C16H36N2O/c1-5-18(6-2)12-14-19-13-10-8-7-9-11-17-15-16(3)4/h16-17H,5-15H2,1-4H3. The Hall–Kier alpha value is -0.120. The normalized spacial score (nSPS) is 11.7. The third-order valence-electron chi connectivity index (χ3n) is 3.39. The Morgan fingerprint density at radius 3 is 2.26 bits per heavy atom. The Morgan fingerprint density at radius 2 is 1.63 bits per heavy atom. The lowest BCUT2D eigenvalue weighted by molar-refractivity contribution is 0.104. The number of unbranched alkanes of at least 4 members (excludes halogenated alkanes) is 3. The lowest BCUT2D eigenvalue weighted by atomic mass is 10.2. The molecular formula is C16H36N2O. The molecule has 1 N–H and O–H groups in total. The van der Waals surface area contributed by atoms with E-state index >= 15 is 0 Å². The fourth-order valence-corrected chi connectivity index (χ4v) is 2.03. The van der Waals surface area contributed by atoms with E-state index in [1.165, 1.54) is 32.2 Å². The molecule has 0 spiro atoms. The Labute approximate surface area is 121 Å². The van der Waals surface area contributed by atoms with Crippen LogP contribution in [-0.2, 0) is 4.74 Å². The molecule has 0 aliphatic carbocycles. The topological polar surface area (TPSA) is 24.5 Å². The fourth-order valence-electron chi connectivity index (χ4n) is 2.03. The van der Waals surface area contributed by atoms with Gasteiger partial charge in [-0.2, -0.15) is 0 Å². The van der Waals surface area contributed by atoms with Crippen LogP contribution >= 0.6 is 0 Å². The van der Waals surface area contributed by atoms with Gasteiger partial charge < -0.3 is 15.0 Å². The van der Waals surface area contributed by atoms with Gasteiger partial charge in [-0.1, -0.05) is 40.5 Å². The number of hydrogen-bond acceptors (Lipinski definition) is 3. The second-order valence-corrected chi connectivity index (χ2v) is 5.65. The maximum atomic E-state index is 5.67. The smallest absolute Gasteiger partial charge is 0.0593 e. The Morgan fingerprint density at radius 1 is 0.947 bits per heavy atom. The van der Waals surface area contributed by atoms with Crippen molar-refractivity contribution in [1.82, 2.24) is 10.2 Å². The molecule has 0 atom stereocenters. The van der Waals surface area contributed by atoms with Crippen LogP contribution in [0.2, 0.25) is 0 Å². The van der Waals surface area contributed by atoms with Crippen molar-refractivity contribution in [3.05, 3.63) is 0 Å². The lowest BCUT2D eigenvalue weighted by Crippen LogP contribution is -2.27. The van der Waals surface area contributed by atoms with Crippen molar-refractivity contribution < 1.29 is 4.74 Å². The first-order valence-corrected chi connectivity index (χ1v) is 8.21. The van der Waals surface area contributed by atoms with Gasteiger partial charge in [-0.15, -0.1) is 0 Å². The summed E-state index contributed by atoms with van der Waals surface area (Å²) in [6, 6.07) is 0. The Balaban J connectivity index is 3.06. The molecule has 116 valence electrons. The van der Waals surface area contributed by atoms with Gasteiger partial charge in [0.05, 0.1) is 6.61 Å². The van der Waals surface area contributed by atoms with Crippen LogP contribution in [0.1, 0.15) is 53.4 Å². The summed E-state index contributed by atoms with van der Waals surface area (Å²) in [7, 11) is 0. The van der Waals surface area contributed by atoms with Gasteiger partial charge >= 0.3 is 0 Å². The molecule has 0 aromatic heterocycles. The molecule has 0 aromatic carbocycles. The van der Waals surface area contributed by atoms with Crippen molar-refractivity contribution in [2.75, 3.05) is 45.9 Å². The van der Waals surface area contributed by atoms with E-state index in [2.05, 4.69) is 37.9 Å². The Bertz CT molecular complexity index is 170. The molecule has 0 saturated carbocycles. The summed E-state index contributed by atoms with van der Waals surface area (Å²) in [6.45, 7) is 16.4. The molecule has 0 aliphatic heterocycles. The minimum Gasteiger partial charge on any atom is -0.380 e. The second kappa shape index (κ2) is 14.3. The molecule has 0 aliphatic rings. The third-order valence-corrected chi connectivity index (χ3v) is 3.39. The molecule has 0 saturated heterocycles. The molecule has 3 heteroatoms. The zero-order valence-corrected chi connectivity index (χ0v) is 13.7. The molecule has 0 heterocycles. The zero-order chi connectivity index (χ0) is 14.3. The van der Waals surface area contributed by atoms with Gasteiger partial charge in [-0.25, -0.2) is 0 Å². The summed E-state index contributed by atoms with van der Waals surface area (Å²) in [6.07, 6.45) is 5.13. The number of ether oxygens (including phenoxy) is 1. The van der Waals surface area contributed by atoms with Crippen molar-refractivity contribution >= 4 is 0 Å². The Kier molecular flexibility index (Phi) is 14.2. The molecular weight excluding hydrogens is 236 g/mol. The minimum atomic E-state index is 0.763. The van der Waals surface area contributed by atoms with Crippen LogP contribution < -0.4 is 5.32 Å².